The second-order valence-corrected chi connectivity index (χ2v) is 6.39. The SMILES string of the molecule is CCC1CCCCN1CC(O)c1ccc(C(C)C)cc1. The Hall–Kier alpha value is -0.860. The molecule has 0 aromatic heterocycles. The highest BCUT2D eigenvalue weighted by Crippen LogP contribution is 2.24. The largest absolute Gasteiger partial charge is 0.387 e. The van der Waals surface area contributed by atoms with Crippen LogP contribution in [0.3, 0.4) is 0 Å². The molecule has 0 aliphatic carbocycles. The monoisotopic (exact) mass is 275 g/mol. The quantitative estimate of drug-likeness (QED) is 0.874. The van der Waals surface area contributed by atoms with Crippen LogP contribution in [0.25, 0.3) is 0 Å². The third-order valence-corrected chi connectivity index (χ3v) is 4.62. The Kier molecular flexibility index (Phi) is 5.62. The maximum Gasteiger partial charge on any atom is 0.0917 e. The first-order valence-electron chi connectivity index (χ1n) is 8.13. The summed E-state index contributed by atoms with van der Waals surface area (Å²) in [5, 5.41) is 10.5. The molecule has 2 nitrogen and oxygen atoms in total. The zero-order valence-electron chi connectivity index (χ0n) is 13.2. The van der Waals surface area contributed by atoms with Crippen LogP contribution < -0.4 is 0 Å². The molecule has 2 heteroatoms. The van der Waals surface area contributed by atoms with Crippen molar-refractivity contribution in [3.8, 4) is 0 Å². The number of aliphatic hydroxyl groups is 1. The van der Waals surface area contributed by atoms with Crippen LogP contribution in [0, 0.1) is 0 Å². The number of likely N-dealkylation sites (tertiary alicyclic amines) is 1. The second kappa shape index (κ2) is 7.24. The molecule has 2 rings (SSSR count). The molecule has 0 spiro atoms. The van der Waals surface area contributed by atoms with E-state index in [4.69, 9.17) is 0 Å². The Balaban J connectivity index is 1.98. The highest BCUT2D eigenvalue weighted by molar-refractivity contribution is 5.26. The standard InChI is InChI=1S/C18H29NO/c1-4-17-7-5-6-12-19(17)13-18(20)16-10-8-15(9-11-16)14(2)3/h8-11,14,17-18,20H,4-7,12-13H2,1-3H3. The number of hydrogen-bond donors (Lipinski definition) is 1. The number of rotatable bonds is 5. The van der Waals surface area contributed by atoms with E-state index in [1.807, 2.05) is 0 Å². The minimum atomic E-state index is -0.358. The van der Waals surface area contributed by atoms with Crippen LogP contribution in [-0.4, -0.2) is 29.1 Å². The highest BCUT2D eigenvalue weighted by atomic mass is 16.3. The third kappa shape index (κ3) is 3.83. The lowest BCUT2D eigenvalue weighted by atomic mass is 9.97. The van der Waals surface area contributed by atoms with Gasteiger partial charge >= 0.3 is 0 Å². The normalized spacial score (nSPS) is 22.1. The maximum atomic E-state index is 10.5. The highest BCUT2D eigenvalue weighted by Gasteiger charge is 2.23. The van der Waals surface area contributed by atoms with Gasteiger partial charge in [-0.15, -0.1) is 0 Å². The van der Waals surface area contributed by atoms with Gasteiger partial charge in [0.25, 0.3) is 0 Å². The van der Waals surface area contributed by atoms with E-state index < -0.39 is 0 Å². The van der Waals surface area contributed by atoms with E-state index in [0.717, 1.165) is 18.7 Å². The summed E-state index contributed by atoms with van der Waals surface area (Å²) in [6.07, 6.45) is 4.74. The number of hydrogen-bond acceptors (Lipinski definition) is 2. The molecule has 1 saturated heterocycles. The van der Waals surface area contributed by atoms with Gasteiger partial charge in [-0.3, -0.25) is 4.90 Å². The summed E-state index contributed by atoms with van der Waals surface area (Å²) in [5.41, 5.74) is 2.39. The molecule has 0 bridgehead atoms. The first-order valence-corrected chi connectivity index (χ1v) is 8.13. The predicted molar refractivity (Wildman–Crippen MR) is 85.0 cm³/mol. The van der Waals surface area contributed by atoms with Crippen molar-refractivity contribution in [2.75, 3.05) is 13.1 Å². The summed E-state index contributed by atoms with van der Waals surface area (Å²) in [4.78, 5) is 2.48. The van der Waals surface area contributed by atoms with Crippen LogP contribution in [0.1, 0.15) is 69.6 Å². The molecule has 20 heavy (non-hydrogen) atoms. The minimum Gasteiger partial charge on any atom is -0.387 e. The van der Waals surface area contributed by atoms with Crippen molar-refractivity contribution in [3.63, 3.8) is 0 Å². The summed E-state index contributed by atoms with van der Waals surface area (Å²) in [6, 6.07) is 9.14. The zero-order chi connectivity index (χ0) is 14.5. The second-order valence-electron chi connectivity index (χ2n) is 6.39. The van der Waals surface area contributed by atoms with Gasteiger partial charge in [-0.05, 0) is 42.9 Å². The van der Waals surface area contributed by atoms with Gasteiger partial charge in [0.15, 0.2) is 0 Å². The van der Waals surface area contributed by atoms with Crippen molar-refractivity contribution >= 4 is 0 Å². The minimum absolute atomic E-state index is 0.358. The molecular formula is C18H29NO. The van der Waals surface area contributed by atoms with Gasteiger partial charge in [0.2, 0.25) is 0 Å². The van der Waals surface area contributed by atoms with Crippen molar-refractivity contribution < 1.29 is 5.11 Å². The number of benzene rings is 1. The van der Waals surface area contributed by atoms with Crippen molar-refractivity contribution in [2.24, 2.45) is 0 Å². The van der Waals surface area contributed by atoms with Gasteiger partial charge in [-0.1, -0.05) is 51.5 Å². The van der Waals surface area contributed by atoms with E-state index in [2.05, 4.69) is 49.9 Å². The molecule has 1 fully saturated rings. The molecule has 1 aliphatic heterocycles. The first kappa shape index (κ1) is 15.5. The van der Waals surface area contributed by atoms with Crippen LogP contribution in [0.5, 0.6) is 0 Å². The average molecular weight is 275 g/mol. The average Bonchev–Trinajstić information content (AvgIpc) is 2.48. The molecule has 1 heterocycles. The molecular weight excluding hydrogens is 246 g/mol. The van der Waals surface area contributed by atoms with Gasteiger partial charge in [0.05, 0.1) is 6.10 Å². The van der Waals surface area contributed by atoms with Crippen molar-refractivity contribution in [3.05, 3.63) is 35.4 Å². The smallest absolute Gasteiger partial charge is 0.0917 e. The topological polar surface area (TPSA) is 23.5 Å². The molecule has 112 valence electrons. The van der Waals surface area contributed by atoms with Crippen LogP contribution >= 0.6 is 0 Å². The molecule has 2 atom stereocenters. The number of piperidine rings is 1. The Labute approximate surface area is 123 Å². The fourth-order valence-electron chi connectivity index (χ4n) is 3.19. The fourth-order valence-corrected chi connectivity index (χ4v) is 3.19. The van der Waals surface area contributed by atoms with Gasteiger partial charge in [0, 0.05) is 12.6 Å². The van der Waals surface area contributed by atoms with Crippen molar-refractivity contribution in [1.29, 1.82) is 0 Å². The Morgan fingerprint density at radius 3 is 2.40 bits per heavy atom. The Morgan fingerprint density at radius 2 is 1.80 bits per heavy atom. The van der Waals surface area contributed by atoms with E-state index in [-0.39, 0.29) is 6.10 Å². The third-order valence-electron chi connectivity index (χ3n) is 4.62. The number of β-amino-alcohol motifs (C(OH)–C–C–N with tert-alkyl or cyclic N) is 1. The summed E-state index contributed by atoms with van der Waals surface area (Å²) in [6.45, 7) is 8.57. The van der Waals surface area contributed by atoms with Crippen molar-refractivity contribution in [1.82, 2.24) is 4.90 Å². The predicted octanol–water partition coefficient (Wildman–Crippen LogP) is 4.11. The molecule has 1 aliphatic rings. The summed E-state index contributed by atoms with van der Waals surface area (Å²) in [5.74, 6) is 0.549. The zero-order valence-corrected chi connectivity index (χ0v) is 13.2. The van der Waals surface area contributed by atoms with Crippen LogP contribution in [-0.2, 0) is 0 Å². The molecule has 1 aromatic carbocycles. The first-order chi connectivity index (χ1) is 9.61. The lowest BCUT2D eigenvalue weighted by molar-refractivity contribution is 0.0656. The summed E-state index contributed by atoms with van der Waals surface area (Å²) in [7, 11) is 0. The molecule has 1 aromatic rings. The summed E-state index contributed by atoms with van der Waals surface area (Å²) < 4.78 is 0. The van der Waals surface area contributed by atoms with E-state index in [1.54, 1.807) is 0 Å². The Morgan fingerprint density at radius 1 is 1.15 bits per heavy atom. The van der Waals surface area contributed by atoms with Gasteiger partial charge < -0.3 is 5.11 Å². The van der Waals surface area contributed by atoms with Crippen LogP contribution in [0.2, 0.25) is 0 Å². The molecule has 1 N–H and O–H groups in total. The van der Waals surface area contributed by atoms with E-state index in [9.17, 15) is 5.11 Å². The van der Waals surface area contributed by atoms with E-state index in [1.165, 1.54) is 31.2 Å². The number of aliphatic hydroxyl groups excluding tert-OH is 1. The lowest BCUT2D eigenvalue weighted by Crippen LogP contribution is -2.41. The van der Waals surface area contributed by atoms with Gasteiger partial charge in [-0.25, -0.2) is 0 Å². The maximum absolute atomic E-state index is 10.5. The molecule has 0 radical (unpaired) electrons. The van der Waals surface area contributed by atoms with Gasteiger partial charge in [-0.2, -0.15) is 0 Å². The van der Waals surface area contributed by atoms with Crippen molar-refractivity contribution in [2.45, 2.75) is 64.5 Å². The molecule has 0 amide bonds. The van der Waals surface area contributed by atoms with E-state index in [0.29, 0.717) is 12.0 Å². The van der Waals surface area contributed by atoms with E-state index >= 15 is 0 Å². The molecule has 0 saturated carbocycles. The summed E-state index contributed by atoms with van der Waals surface area (Å²) >= 11 is 0. The number of nitrogens with zero attached hydrogens (tertiary/aromatic N) is 1. The lowest BCUT2D eigenvalue weighted by Gasteiger charge is -2.36. The fraction of sp³-hybridized carbons (Fsp3) is 0.667. The van der Waals surface area contributed by atoms with Gasteiger partial charge in [0.1, 0.15) is 0 Å². The Bertz CT molecular complexity index is 398. The molecule has 2 unspecified atom stereocenters. The van der Waals surface area contributed by atoms with Crippen LogP contribution in [0.4, 0.5) is 0 Å². The van der Waals surface area contributed by atoms with Crippen LogP contribution in [0.15, 0.2) is 24.3 Å².